The number of rotatable bonds is 3. The second-order valence-corrected chi connectivity index (χ2v) is 10.6. The van der Waals surface area contributed by atoms with Crippen LogP contribution in [-0.2, 0) is 5.41 Å². The lowest BCUT2D eigenvalue weighted by atomic mass is 9.82. The Labute approximate surface area is 219 Å². The molecule has 0 aliphatic heterocycles. The number of fused-ring (bicyclic) bond motifs is 5. The Balaban J connectivity index is 1.42. The molecule has 0 saturated carbocycles. The molecule has 0 unspecified atom stereocenters. The number of nitrogens with zero attached hydrogens (tertiary/aromatic N) is 1. The summed E-state index contributed by atoms with van der Waals surface area (Å²) < 4.78 is 6.46. The van der Waals surface area contributed by atoms with Crippen molar-refractivity contribution in [1.29, 1.82) is 0 Å². The predicted octanol–water partition coefficient (Wildman–Crippen LogP) is 9.09. The van der Waals surface area contributed by atoms with Crippen LogP contribution in [0.25, 0.3) is 55.6 Å². The van der Waals surface area contributed by atoms with E-state index in [9.17, 15) is 4.79 Å². The summed E-state index contributed by atoms with van der Waals surface area (Å²) in [5.74, 6) is 0.563. The van der Waals surface area contributed by atoms with E-state index in [1.54, 1.807) is 0 Å². The van der Waals surface area contributed by atoms with E-state index >= 15 is 0 Å². The fraction of sp³-hybridized carbons (Fsp3) is 0.0909. The molecular weight excluding hydrogens is 478 g/mol. The Hall–Kier alpha value is -4.21. The lowest BCUT2D eigenvalue weighted by molar-refractivity contribution is 0.112. The van der Waals surface area contributed by atoms with Gasteiger partial charge in [0.15, 0.2) is 11.9 Å². The number of oxazole rings is 1. The molecule has 1 heterocycles. The Bertz CT molecular complexity index is 1900. The SMILES string of the molecule is CC1(C)c2ccccc2-c2ccc(-c3nc4cccc(-c5c(C=O)ccc6cc(Cl)ccc56)c4o3)cc21. The van der Waals surface area contributed by atoms with Crippen molar-refractivity contribution in [3.05, 3.63) is 113 Å². The van der Waals surface area contributed by atoms with Crippen molar-refractivity contribution in [1.82, 2.24) is 4.98 Å². The molecule has 37 heavy (non-hydrogen) atoms. The Morgan fingerprint density at radius 1 is 0.811 bits per heavy atom. The smallest absolute Gasteiger partial charge is 0.227 e. The van der Waals surface area contributed by atoms with Gasteiger partial charge in [-0.1, -0.05) is 86.1 Å². The summed E-state index contributed by atoms with van der Waals surface area (Å²) in [6.45, 7) is 4.53. The molecule has 178 valence electrons. The van der Waals surface area contributed by atoms with Gasteiger partial charge >= 0.3 is 0 Å². The van der Waals surface area contributed by atoms with Crippen LogP contribution in [0.2, 0.25) is 5.02 Å². The molecule has 0 fully saturated rings. The number of benzene rings is 5. The highest BCUT2D eigenvalue weighted by Gasteiger charge is 2.35. The third-order valence-electron chi connectivity index (χ3n) is 7.66. The first-order valence-corrected chi connectivity index (χ1v) is 12.7. The van der Waals surface area contributed by atoms with Crippen molar-refractivity contribution in [2.24, 2.45) is 0 Å². The summed E-state index contributed by atoms with van der Waals surface area (Å²) in [6.07, 6.45) is 0.889. The van der Waals surface area contributed by atoms with Crippen molar-refractivity contribution in [2.75, 3.05) is 0 Å². The molecule has 1 aliphatic rings. The molecule has 0 spiro atoms. The number of aromatic nitrogens is 1. The quantitative estimate of drug-likeness (QED) is 0.228. The molecule has 5 aromatic carbocycles. The summed E-state index contributed by atoms with van der Waals surface area (Å²) in [4.78, 5) is 16.9. The number of aldehydes is 1. The highest BCUT2D eigenvalue weighted by Crippen LogP contribution is 2.49. The van der Waals surface area contributed by atoms with Crippen LogP contribution >= 0.6 is 11.6 Å². The first-order valence-electron chi connectivity index (χ1n) is 12.3. The maximum Gasteiger partial charge on any atom is 0.227 e. The molecule has 0 atom stereocenters. The highest BCUT2D eigenvalue weighted by molar-refractivity contribution is 6.31. The van der Waals surface area contributed by atoms with Gasteiger partial charge in [0.25, 0.3) is 0 Å². The minimum absolute atomic E-state index is 0.109. The van der Waals surface area contributed by atoms with Crippen LogP contribution in [-0.4, -0.2) is 11.3 Å². The van der Waals surface area contributed by atoms with Crippen molar-refractivity contribution >= 4 is 39.8 Å². The van der Waals surface area contributed by atoms with Gasteiger partial charge in [0.2, 0.25) is 5.89 Å². The molecular formula is C33H22ClNO2. The van der Waals surface area contributed by atoms with E-state index in [0.29, 0.717) is 22.1 Å². The van der Waals surface area contributed by atoms with Crippen LogP contribution in [0.15, 0.2) is 95.4 Å². The summed E-state index contributed by atoms with van der Waals surface area (Å²) in [5.41, 5.74) is 9.62. The largest absolute Gasteiger partial charge is 0.435 e. The second-order valence-electron chi connectivity index (χ2n) is 10.1. The molecule has 3 nitrogen and oxygen atoms in total. The molecule has 0 bridgehead atoms. The van der Waals surface area contributed by atoms with Gasteiger partial charge in [0.05, 0.1) is 0 Å². The lowest BCUT2D eigenvalue weighted by Crippen LogP contribution is -2.14. The molecule has 0 amide bonds. The topological polar surface area (TPSA) is 43.1 Å². The molecule has 1 aliphatic carbocycles. The average Bonchev–Trinajstić information content (AvgIpc) is 3.45. The third kappa shape index (κ3) is 3.21. The number of carbonyl (C=O) groups is 1. The molecule has 6 aromatic rings. The minimum atomic E-state index is -0.109. The van der Waals surface area contributed by atoms with E-state index in [1.807, 2.05) is 48.5 Å². The van der Waals surface area contributed by atoms with E-state index in [4.69, 9.17) is 21.0 Å². The van der Waals surface area contributed by atoms with Crippen molar-refractivity contribution in [2.45, 2.75) is 19.3 Å². The van der Waals surface area contributed by atoms with E-state index < -0.39 is 0 Å². The molecule has 0 N–H and O–H groups in total. The van der Waals surface area contributed by atoms with Gasteiger partial charge in [-0.2, -0.15) is 0 Å². The van der Waals surface area contributed by atoms with Gasteiger partial charge < -0.3 is 4.42 Å². The van der Waals surface area contributed by atoms with Gasteiger partial charge in [-0.05, 0) is 63.4 Å². The maximum absolute atomic E-state index is 12.1. The zero-order valence-electron chi connectivity index (χ0n) is 20.4. The number of halogens is 1. The number of carbonyl (C=O) groups excluding carboxylic acids is 1. The van der Waals surface area contributed by atoms with Crippen molar-refractivity contribution in [3.8, 4) is 33.7 Å². The van der Waals surface area contributed by atoms with Crippen molar-refractivity contribution in [3.63, 3.8) is 0 Å². The average molecular weight is 500 g/mol. The van der Waals surface area contributed by atoms with Gasteiger partial charge in [-0.3, -0.25) is 4.79 Å². The minimum Gasteiger partial charge on any atom is -0.435 e. The predicted molar refractivity (Wildman–Crippen MR) is 150 cm³/mol. The number of para-hydroxylation sites is 1. The third-order valence-corrected chi connectivity index (χ3v) is 7.89. The van der Waals surface area contributed by atoms with Crippen molar-refractivity contribution < 1.29 is 9.21 Å². The fourth-order valence-corrected chi connectivity index (χ4v) is 6.00. The Morgan fingerprint density at radius 3 is 2.49 bits per heavy atom. The molecule has 1 aromatic heterocycles. The van der Waals surface area contributed by atoms with Crippen LogP contribution in [0, 0.1) is 0 Å². The molecule has 7 rings (SSSR count). The fourth-order valence-electron chi connectivity index (χ4n) is 5.82. The molecule has 0 radical (unpaired) electrons. The van der Waals surface area contributed by atoms with Gasteiger partial charge in [0.1, 0.15) is 5.52 Å². The van der Waals surface area contributed by atoms with E-state index in [1.165, 1.54) is 22.3 Å². The highest BCUT2D eigenvalue weighted by atomic mass is 35.5. The summed E-state index contributed by atoms with van der Waals surface area (Å²) in [5, 5.41) is 2.56. The number of hydrogen-bond donors (Lipinski definition) is 0. The van der Waals surface area contributed by atoms with E-state index in [0.717, 1.165) is 39.3 Å². The first kappa shape index (κ1) is 22.0. The van der Waals surface area contributed by atoms with Crippen LogP contribution in [0.4, 0.5) is 0 Å². The van der Waals surface area contributed by atoms with E-state index in [-0.39, 0.29) is 5.41 Å². The normalized spacial score (nSPS) is 13.6. The second kappa shape index (κ2) is 7.89. The maximum atomic E-state index is 12.1. The molecule has 0 saturated heterocycles. The first-order chi connectivity index (χ1) is 18.0. The van der Waals surface area contributed by atoms with Crippen LogP contribution in [0.1, 0.15) is 35.3 Å². The standard InChI is InChI=1S/C33H22ClNO2/c1-33(2)27-8-4-3-6-24(27)25-14-12-20(17-28(25)33)32-35-29-9-5-7-26(31(29)37-32)30-21(18-36)11-10-19-16-22(34)13-15-23(19)30/h3-18H,1-2H3. The summed E-state index contributed by atoms with van der Waals surface area (Å²) in [6, 6.07) is 30.4. The van der Waals surface area contributed by atoms with Gasteiger partial charge in [0, 0.05) is 32.7 Å². The monoisotopic (exact) mass is 499 g/mol. The zero-order chi connectivity index (χ0) is 25.3. The Morgan fingerprint density at radius 2 is 1.62 bits per heavy atom. The number of hydrogen-bond acceptors (Lipinski definition) is 3. The van der Waals surface area contributed by atoms with E-state index in [2.05, 4.69) is 56.3 Å². The lowest BCUT2D eigenvalue weighted by Gasteiger charge is -2.21. The zero-order valence-corrected chi connectivity index (χ0v) is 21.1. The Kier molecular flexibility index (Phi) is 4.70. The van der Waals surface area contributed by atoms with Crippen LogP contribution in [0.5, 0.6) is 0 Å². The molecule has 4 heteroatoms. The summed E-state index contributed by atoms with van der Waals surface area (Å²) >= 11 is 6.25. The van der Waals surface area contributed by atoms with Gasteiger partial charge in [-0.15, -0.1) is 0 Å². The van der Waals surface area contributed by atoms with Gasteiger partial charge in [-0.25, -0.2) is 4.98 Å². The summed E-state index contributed by atoms with van der Waals surface area (Å²) in [7, 11) is 0. The van der Waals surface area contributed by atoms with Crippen LogP contribution < -0.4 is 0 Å². The van der Waals surface area contributed by atoms with Crippen LogP contribution in [0.3, 0.4) is 0 Å².